The highest BCUT2D eigenvalue weighted by Crippen LogP contribution is 2.21. The van der Waals surface area contributed by atoms with Gasteiger partial charge in [-0.3, -0.25) is 4.90 Å². The van der Waals surface area contributed by atoms with Gasteiger partial charge < -0.3 is 5.32 Å². The van der Waals surface area contributed by atoms with Gasteiger partial charge in [0.05, 0.1) is 0 Å². The van der Waals surface area contributed by atoms with Gasteiger partial charge >= 0.3 is 0 Å². The molecule has 2 heterocycles. The van der Waals surface area contributed by atoms with E-state index in [9.17, 15) is 0 Å². The number of allylic oxidation sites excluding steroid dienone is 1. The monoisotopic (exact) mass is 245 g/mol. The van der Waals surface area contributed by atoms with Gasteiger partial charge in [-0.05, 0) is 43.5 Å². The van der Waals surface area contributed by atoms with Crippen molar-refractivity contribution < 1.29 is 0 Å². The summed E-state index contributed by atoms with van der Waals surface area (Å²) in [5, 5.41) is 3.17. The van der Waals surface area contributed by atoms with Gasteiger partial charge in [-0.2, -0.15) is 0 Å². The van der Waals surface area contributed by atoms with Crippen molar-refractivity contribution in [1.29, 1.82) is 0 Å². The first kappa shape index (κ1) is 13.1. The molecular weight excluding hydrogens is 222 g/mol. The van der Waals surface area contributed by atoms with Crippen LogP contribution in [0, 0.1) is 5.92 Å². The predicted molar refractivity (Wildman–Crippen MR) is 76.3 cm³/mol. The zero-order chi connectivity index (χ0) is 13.0. The summed E-state index contributed by atoms with van der Waals surface area (Å²) in [7, 11) is 0. The molecule has 0 amide bonds. The van der Waals surface area contributed by atoms with Crippen LogP contribution in [0.1, 0.15) is 32.3 Å². The molecule has 1 N–H and O–H groups in total. The molecule has 1 aliphatic rings. The van der Waals surface area contributed by atoms with Gasteiger partial charge in [0.15, 0.2) is 0 Å². The number of aromatic nitrogens is 1. The normalized spacial score (nSPS) is 20.0. The second kappa shape index (κ2) is 6.01. The lowest BCUT2D eigenvalue weighted by molar-refractivity contribution is 0.315. The van der Waals surface area contributed by atoms with E-state index in [0.717, 1.165) is 24.0 Å². The SMILES string of the molecule is C=C(C)Nc1cc(CN2CCC(CC)C2)ccn1. The van der Waals surface area contributed by atoms with Crippen molar-refractivity contribution in [3.8, 4) is 0 Å². The third-order valence-corrected chi connectivity index (χ3v) is 3.52. The van der Waals surface area contributed by atoms with Gasteiger partial charge in [0.25, 0.3) is 0 Å². The van der Waals surface area contributed by atoms with Crippen LogP contribution >= 0.6 is 0 Å². The minimum Gasteiger partial charge on any atom is -0.345 e. The Bertz CT molecular complexity index is 414. The molecule has 0 bridgehead atoms. The minimum atomic E-state index is 0.889. The lowest BCUT2D eigenvalue weighted by atomic mass is 10.1. The Labute approximate surface area is 110 Å². The average molecular weight is 245 g/mol. The van der Waals surface area contributed by atoms with Crippen LogP contribution in [0.4, 0.5) is 5.82 Å². The lowest BCUT2D eigenvalue weighted by Crippen LogP contribution is -2.20. The fourth-order valence-corrected chi connectivity index (χ4v) is 2.51. The maximum Gasteiger partial charge on any atom is 0.130 e. The summed E-state index contributed by atoms with van der Waals surface area (Å²) in [6.07, 6.45) is 4.52. The fourth-order valence-electron chi connectivity index (χ4n) is 2.51. The average Bonchev–Trinajstić information content (AvgIpc) is 2.76. The van der Waals surface area contributed by atoms with Crippen LogP contribution in [-0.4, -0.2) is 23.0 Å². The van der Waals surface area contributed by atoms with Crippen molar-refractivity contribution >= 4 is 5.82 Å². The van der Waals surface area contributed by atoms with Gasteiger partial charge in [-0.1, -0.05) is 19.9 Å². The van der Waals surface area contributed by atoms with E-state index in [0.29, 0.717) is 0 Å². The first-order valence-corrected chi connectivity index (χ1v) is 6.77. The first-order chi connectivity index (χ1) is 8.67. The van der Waals surface area contributed by atoms with E-state index in [2.05, 4.69) is 40.8 Å². The second-order valence-corrected chi connectivity index (χ2v) is 5.25. The zero-order valence-electron chi connectivity index (χ0n) is 11.4. The molecule has 0 saturated carbocycles. The Kier molecular flexibility index (Phi) is 4.37. The summed E-state index contributed by atoms with van der Waals surface area (Å²) >= 11 is 0. The number of rotatable bonds is 5. The molecule has 18 heavy (non-hydrogen) atoms. The van der Waals surface area contributed by atoms with E-state index in [1.54, 1.807) is 0 Å². The van der Waals surface area contributed by atoms with Crippen LogP contribution in [0.3, 0.4) is 0 Å². The highest BCUT2D eigenvalue weighted by atomic mass is 15.1. The van der Waals surface area contributed by atoms with Gasteiger partial charge in [0.1, 0.15) is 5.82 Å². The molecule has 1 aliphatic heterocycles. The van der Waals surface area contributed by atoms with Crippen LogP contribution in [0.25, 0.3) is 0 Å². The number of pyridine rings is 1. The van der Waals surface area contributed by atoms with Crippen molar-refractivity contribution in [2.24, 2.45) is 5.92 Å². The highest BCUT2D eigenvalue weighted by Gasteiger charge is 2.20. The van der Waals surface area contributed by atoms with Crippen molar-refractivity contribution in [2.45, 2.75) is 33.2 Å². The van der Waals surface area contributed by atoms with Crippen molar-refractivity contribution in [1.82, 2.24) is 9.88 Å². The number of likely N-dealkylation sites (tertiary alicyclic amines) is 1. The molecule has 98 valence electrons. The summed E-state index contributed by atoms with van der Waals surface area (Å²) in [5.74, 6) is 1.78. The van der Waals surface area contributed by atoms with Crippen molar-refractivity contribution in [3.05, 3.63) is 36.2 Å². The Morgan fingerprint density at radius 3 is 3.11 bits per heavy atom. The number of nitrogens with zero attached hydrogens (tertiary/aromatic N) is 2. The first-order valence-electron chi connectivity index (χ1n) is 6.77. The van der Waals surface area contributed by atoms with Crippen LogP contribution in [0.5, 0.6) is 0 Å². The van der Waals surface area contributed by atoms with Crippen LogP contribution in [0.2, 0.25) is 0 Å². The molecule has 1 aromatic rings. The molecule has 3 heteroatoms. The van der Waals surface area contributed by atoms with Crippen molar-refractivity contribution in [2.75, 3.05) is 18.4 Å². The largest absolute Gasteiger partial charge is 0.345 e. The molecule has 1 aromatic heterocycles. The van der Waals surface area contributed by atoms with Crippen molar-refractivity contribution in [3.63, 3.8) is 0 Å². The van der Waals surface area contributed by atoms with E-state index in [4.69, 9.17) is 0 Å². The van der Waals surface area contributed by atoms with Gasteiger partial charge in [-0.25, -0.2) is 4.98 Å². The number of hydrogen-bond donors (Lipinski definition) is 1. The zero-order valence-corrected chi connectivity index (χ0v) is 11.4. The molecule has 1 atom stereocenters. The molecule has 0 radical (unpaired) electrons. The summed E-state index contributed by atoms with van der Waals surface area (Å²) in [4.78, 5) is 6.83. The molecule has 1 saturated heterocycles. The third-order valence-electron chi connectivity index (χ3n) is 3.52. The van der Waals surface area contributed by atoms with Gasteiger partial charge in [0, 0.05) is 25.0 Å². The summed E-state index contributed by atoms with van der Waals surface area (Å²) in [5.41, 5.74) is 2.25. The minimum absolute atomic E-state index is 0.889. The standard InChI is InChI=1S/C15H23N3/c1-4-13-6-8-18(10-13)11-14-5-7-16-15(9-14)17-12(2)3/h5,7,9,13H,2,4,6,8,10-11H2,1,3H3,(H,16,17). The molecule has 2 rings (SSSR count). The van der Waals surface area contributed by atoms with Crippen LogP contribution in [-0.2, 0) is 6.54 Å². The third kappa shape index (κ3) is 3.57. The summed E-state index contributed by atoms with van der Waals surface area (Å²) in [6.45, 7) is 11.6. The molecule has 0 aromatic carbocycles. The second-order valence-electron chi connectivity index (χ2n) is 5.25. The molecule has 0 spiro atoms. The quantitative estimate of drug-likeness (QED) is 0.863. The molecule has 1 unspecified atom stereocenters. The number of hydrogen-bond acceptors (Lipinski definition) is 3. The number of nitrogens with one attached hydrogen (secondary N) is 1. The Hall–Kier alpha value is -1.35. The van der Waals surface area contributed by atoms with E-state index < -0.39 is 0 Å². The van der Waals surface area contributed by atoms with E-state index in [1.165, 1.54) is 31.5 Å². The highest BCUT2D eigenvalue weighted by molar-refractivity contribution is 5.42. The smallest absolute Gasteiger partial charge is 0.130 e. The molecule has 1 fully saturated rings. The maximum absolute atomic E-state index is 4.29. The van der Waals surface area contributed by atoms with Gasteiger partial charge in [0.2, 0.25) is 0 Å². The van der Waals surface area contributed by atoms with E-state index in [1.807, 2.05) is 13.1 Å². The fraction of sp³-hybridized carbons (Fsp3) is 0.533. The van der Waals surface area contributed by atoms with Crippen LogP contribution in [0.15, 0.2) is 30.6 Å². The molecule has 3 nitrogen and oxygen atoms in total. The molecular formula is C15H23N3. The van der Waals surface area contributed by atoms with Gasteiger partial charge in [-0.15, -0.1) is 0 Å². The lowest BCUT2D eigenvalue weighted by Gasteiger charge is -2.16. The van der Waals surface area contributed by atoms with Crippen LogP contribution < -0.4 is 5.32 Å². The summed E-state index contributed by atoms with van der Waals surface area (Å²) < 4.78 is 0. The Balaban J connectivity index is 1.95. The molecule has 0 aliphatic carbocycles. The topological polar surface area (TPSA) is 28.2 Å². The Morgan fingerprint density at radius 1 is 1.61 bits per heavy atom. The predicted octanol–water partition coefficient (Wildman–Crippen LogP) is 3.26. The summed E-state index contributed by atoms with van der Waals surface area (Å²) in [6, 6.07) is 4.22. The number of anilines is 1. The van der Waals surface area contributed by atoms with E-state index in [-0.39, 0.29) is 0 Å². The van der Waals surface area contributed by atoms with E-state index >= 15 is 0 Å². The maximum atomic E-state index is 4.29. The Morgan fingerprint density at radius 2 is 2.44 bits per heavy atom.